The number of carboxylic acid groups (broad SMARTS) is 1. The molecule has 0 heterocycles. The fraction of sp³-hybridized carbons (Fsp3) is 0.500. The summed E-state index contributed by atoms with van der Waals surface area (Å²) in [6, 6.07) is 6.37. The number of aliphatic carboxylic acids is 1. The molecule has 0 unspecified atom stereocenters. The predicted molar refractivity (Wildman–Crippen MR) is 75.7 cm³/mol. The maximum atomic E-state index is 10.8. The number of non-ortho nitro benzene ring substituents is 1. The van der Waals surface area contributed by atoms with E-state index >= 15 is 0 Å². The lowest BCUT2D eigenvalue weighted by atomic mass is 10.1. The number of hydrogen-bond donors (Lipinski definition) is 1. The van der Waals surface area contributed by atoms with Gasteiger partial charge in [0.25, 0.3) is 5.69 Å². The molecule has 110 valence electrons. The Morgan fingerprint density at radius 1 is 1.35 bits per heavy atom. The summed E-state index contributed by atoms with van der Waals surface area (Å²) in [7, 11) is 0. The van der Waals surface area contributed by atoms with Gasteiger partial charge in [-0.15, -0.1) is 0 Å². The summed E-state index contributed by atoms with van der Waals surface area (Å²) in [6.45, 7) is 5.45. The van der Waals surface area contributed by atoms with Gasteiger partial charge >= 0.3 is 5.97 Å². The summed E-state index contributed by atoms with van der Waals surface area (Å²) in [4.78, 5) is 22.8. The lowest BCUT2D eigenvalue weighted by Gasteiger charge is -2.22. The minimum Gasteiger partial charge on any atom is -0.480 e. The van der Waals surface area contributed by atoms with Crippen molar-refractivity contribution in [1.82, 2.24) is 4.90 Å². The molecular weight excluding hydrogens is 260 g/mol. The molecule has 6 nitrogen and oxygen atoms in total. The monoisotopic (exact) mass is 280 g/mol. The van der Waals surface area contributed by atoms with E-state index in [9.17, 15) is 14.9 Å². The second-order valence-electron chi connectivity index (χ2n) is 5.20. The molecule has 0 radical (unpaired) electrons. The third kappa shape index (κ3) is 5.79. The first-order valence-corrected chi connectivity index (χ1v) is 6.56. The molecule has 0 aliphatic carbocycles. The number of carbonyl (C=O) groups is 1. The highest BCUT2D eigenvalue weighted by Gasteiger charge is 2.12. The highest BCUT2D eigenvalue weighted by atomic mass is 16.6. The summed E-state index contributed by atoms with van der Waals surface area (Å²) in [5.74, 6) is -0.444. The number of carboxylic acids is 1. The molecule has 1 aromatic carbocycles. The standard InChI is InChI=1S/C14H20N2O4/c1-11(2)9-15(10-14(17)18)8-7-12-3-5-13(6-4-12)16(19)20/h3-6,11H,7-10H2,1-2H3,(H,17,18). The maximum absolute atomic E-state index is 10.8. The summed E-state index contributed by atoms with van der Waals surface area (Å²) >= 11 is 0. The quantitative estimate of drug-likeness (QED) is 0.583. The van der Waals surface area contributed by atoms with Crippen LogP contribution in [0.3, 0.4) is 0 Å². The Morgan fingerprint density at radius 3 is 2.40 bits per heavy atom. The van der Waals surface area contributed by atoms with Crippen molar-refractivity contribution >= 4 is 11.7 Å². The Balaban J connectivity index is 2.57. The van der Waals surface area contributed by atoms with Crippen LogP contribution in [0.1, 0.15) is 19.4 Å². The molecule has 0 bridgehead atoms. The molecule has 1 rings (SSSR count). The molecule has 6 heteroatoms. The van der Waals surface area contributed by atoms with Gasteiger partial charge in [0.1, 0.15) is 0 Å². The number of rotatable bonds is 8. The van der Waals surface area contributed by atoms with Gasteiger partial charge in [0.2, 0.25) is 0 Å². The van der Waals surface area contributed by atoms with E-state index in [1.807, 2.05) is 18.7 Å². The summed E-state index contributed by atoms with van der Waals surface area (Å²) in [5.41, 5.74) is 1.04. The number of nitrogens with zero attached hydrogens (tertiary/aromatic N) is 2. The van der Waals surface area contributed by atoms with Gasteiger partial charge < -0.3 is 5.11 Å². The number of nitro benzene ring substituents is 1. The zero-order valence-electron chi connectivity index (χ0n) is 11.8. The van der Waals surface area contributed by atoms with Gasteiger partial charge in [-0.2, -0.15) is 0 Å². The van der Waals surface area contributed by atoms with Gasteiger partial charge in [0, 0.05) is 25.2 Å². The Kier molecular flexibility index (Phi) is 6.11. The van der Waals surface area contributed by atoms with Crippen molar-refractivity contribution in [2.24, 2.45) is 5.92 Å². The molecule has 0 saturated carbocycles. The number of nitro groups is 1. The van der Waals surface area contributed by atoms with Crippen LogP contribution in [0.4, 0.5) is 5.69 Å². The van der Waals surface area contributed by atoms with Crippen LogP contribution >= 0.6 is 0 Å². The second-order valence-corrected chi connectivity index (χ2v) is 5.20. The third-order valence-electron chi connectivity index (χ3n) is 2.85. The average Bonchev–Trinajstić information content (AvgIpc) is 2.35. The minimum absolute atomic E-state index is 0.0190. The largest absolute Gasteiger partial charge is 0.480 e. The SMILES string of the molecule is CC(C)CN(CCc1ccc([N+](=O)[O-])cc1)CC(=O)O. The molecule has 0 atom stereocenters. The first-order chi connectivity index (χ1) is 9.38. The Morgan fingerprint density at radius 2 is 1.95 bits per heavy atom. The van der Waals surface area contributed by atoms with Crippen LogP contribution in [0, 0.1) is 16.0 Å². The van der Waals surface area contributed by atoms with Crippen LogP contribution in [0.2, 0.25) is 0 Å². The first-order valence-electron chi connectivity index (χ1n) is 6.56. The number of benzene rings is 1. The molecule has 0 spiro atoms. The van der Waals surface area contributed by atoms with Crippen molar-refractivity contribution in [2.45, 2.75) is 20.3 Å². The fourth-order valence-electron chi connectivity index (χ4n) is 2.01. The zero-order chi connectivity index (χ0) is 15.1. The Bertz CT molecular complexity index is 457. The van der Waals surface area contributed by atoms with E-state index in [4.69, 9.17) is 5.11 Å². The molecule has 1 aromatic rings. The number of hydrogen-bond acceptors (Lipinski definition) is 4. The second kappa shape index (κ2) is 7.59. The molecule has 1 N–H and O–H groups in total. The van der Waals surface area contributed by atoms with Gasteiger partial charge in [-0.25, -0.2) is 0 Å². The zero-order valence-corrected chi connectivity index (χ0v) is 11.8. The van der Waals surface area contributed by atoms with Gasteiger partial charge in [0.15, 0.2) is 0 Å². The van der Waals surface area contributed by atoms with Crippen molar-refractivity contribution in [1.29, 1.82) is 0 Å². The maximum Gasteiger partial charge on any atom is 0.317 e. The summed E-state index contributed by atoms with van der Waals surface area (Å²) in [5, 5.41) is 19.4. The van der Waals surface area contributed by atoms with Crippen molar-refractivity contribution in [2.75, 3.05) is 19.6 Å². The van der Waals surface area contributed by atoms with Gasteiger partial charge in [0.05, 0.1) is 11.5 Å². The van der Waals surface area contributed by atoms with Crippen LogP contribution in [-0.2, 0) is 11.2 Å². The highest BCUT2D eigenvalue weighted by molar-refractivity contribution is 5.69. The topological polar surface area (TPSA) is 83.7 Å². The fourth-order valence-corrected chi connectivity index (χ4v) is 2.01. The van der Waals surface area contributed by atoms with E-state index in [0.29, 0.717) is 18.9 Å². The van der Waals surface area contributed by atoms with Crippen LogP contribution in [0.15, 0.2) is 24.3 Å². The molecule has 0 aliphatic rings. The van der Waals surface area contributed by atoms with E-state index in [0.717, 1.165) is 12.1 Å². The van der Waals surface area contributed by atoms with Gasteiger partial charge in [-0.05, 0) is 17.9 Å². The molecule has 0 aliphatic heterocycles. The first kappa shape index (κ1) is 16.1. The van der Waals surface area contributed by atoms with E-state index in [1.165, 1.54) is 12.1 Å². The molecular formula is C14H20N2O4. The molecule has 0 saturated heterocycles. The van der Waals surface area contributed by atoms with Crippen molar-refractivity contribution in [3.63, 3.8) is 0 Å². The predicted octanol–water partition coefficient (Wildman–Crippen LogP) is 2.18. The molecule has 0 fully saturated rings. The van der Waals surface area contributed by atoms with Crippen molar-refractivity contribution < 1.29 is 14.8 Å². The Labute approximate surface area is 118 Å². The van der Waals surface area contributed by atoms with Crippen LogP contribution in [0.25, 0.3) is 0 Å². The van der Waals surface area contributed by atoms with Crippen molar-refractivity contribution in [3.8, 4) is 0 Å². The van der Waals surface area contributed by atoms with E-state index < -0.39 is 10.9 Å². The van der Waals surface area contributed by atoms with E-state index in [1.54, 1.807) is 12.1 Å². The molecule has 0 amide bonds. The third-order valence-corrected chi connectivity index (χ3v) is 2.85. The molecule has 20 heavy (non-hydrogen) atoms. The molecule has 0 aromatic heterocycles. The lowest BCUT2D eigenvalue weighted by Crippen LogP contribution is -2.34. The van der Waals surface area contributed by atoms with E-state index in [2.05, 4.69) is 0 Å². The van der Waals surface area contributed by atoms with Gasteiger partial charge in [-0.1, -0.05) is 26.0 Å². The lowest BCUT2D eigenvalue weighted by molar-refractivity contribution is -0.384. The van der Waals surface area contributed by atoms with Gasteiger partial charge in [-0.3, -0.25) is 19.8 Å². The van der Waals surface area contributed by atoms with Crippen molar-refractivity contribution in [3.05, 3.63) is 39.9 Å². The Hall–Kier alpha value is -1.95. The smallest absolute Gasteiger partial charge is 0.317 e. The minimum atomic E-state index is -0.839. The van der Waals surface area contributed by atoms with E-state index in [-0.39, 0.29) is 12.2 Å². The van der Waals surface area contributed by atoms with Crippen LogP contribution in [-0.4, -0.2) is 40.5 Å². The van der Waals surface area contributed by atoms with Crippen LogP contribution < -0.4 is 0 Å². The summed E-state index contributed by atoms with van der Waals surface area (Å²) < 4.78 is 0. The summed E-state index contributed by atoms with van der Waals surface area (Å²) in [6.07, 6.45) is 0.679. The highest BCUT2D eigenvalue weighted by Crippen LogP contribution is 2.12. The average molecular weight is 280 g/mol. The normalized spacial score (nSPS) is 11.0. The van der Waals surface area contributed by atoms with Crippen LogP contribution in [0.5, 0.6) is 0 Å².